The van der Waals surface area contributed by atoms with Crippen LogP contribution in [0.2, 0.25) is 5.02 Å². The molecular weight excluding hydrogens is 400 g/mol. The van der Waals surface area contributed by atoms with Crippen molar-refractivity contribution in [3.63, 3.8) is 0 Å². The summed E-state index contributed by atoms with van der Waals surface area (Å²) < 4.78 is 6.36. The zero-order valence-corrected chi connectivity index (χ0v) is 17.9. The molecule has 4 rings (SSSR count). The van der Waals surface area contributed by atoms with Crippen LogP contribution in [-0.2, 0) is 11.2 Å². The first-order valence-corrected chi connectivity index (χ1v) is 10.9. The van der Waals surface area contributed by atoms with Crippen LogP contribution in [0.5, 0.6) is 5.75 Å². The van der Waals surface area contributed by atoms with Crippen LogP contribution >= 0.6 is 11.6 Å². The number of benzene rings is 2. The average Bonchev–Trinajstić information content (AvgIpc) is 2.87. The maximum atomic E-state index is 12.6. The molecule has 0 bridgehead atoms. The van der Waals surface area contributed by atoms with Crippen LogP contribution in [0, 0.1) is 12.8 Å². The van der Waals surface area contributed by atoms with Gasteiger partial charge in [-0.25, -0.2) is 0 Å². The summed E-state index contributed by atoms with van der Waals surface area (Å²) in [7, 11) is 0. The van der Waals surface area contributed by atoms with Gasteiger partial charge < -0.3 is 15.4 Å². The number of rotatable bonds is 4. The minimum Gasteiger partial charge on any atom is -0.485 e. The molecule has 0 aromatic heterocycles. The topological polar surface area (TPSA) is 67.4 Å². The summed E-state index contributed by atoms with van der Waals surface area (Å²) in [5.41, 5.74) is 2.34. The van der Waals surface area contributed by atoms with Crippen LogP contribution in [0.3, 0.4) is 0 Å². The molecule has 1 saturated carbocycles. The van der Waals surface area contributed by atoms with Gasteiger partial charge in [0.05, 0.1) is 12.1 Å². The molecule has 2 N–H and O–H groups in total. The number of ether oxygens (including phenoxy) is 1. The summed E-state index contributed by atoms with van der Waals surface area (Å²) >= 11 is 5.91. The Hall–Kier alpha value is -2.53. The third-order valence-electron chi connectivity index (χ3n) is 6.17. The Balaban J connectivity index is 1.31. The van der Waals surface area contributed by atoms with Crippen molar-refractivity contribution < 1.29 is 14.3 Å². The third-order valence-corrected chi connectivity index (χ3v) is 6.42. The summed E-state index contributed by atoms with van der Waals surface area (Å²) in [5, 5.41) is 6.80. The second kappa shape index (κ2) is 8.68. The van der Waals surface area contributed by atoms with E-state index in [1.54, 1.807) is 0 Å². The van der Waals surface area contributed by atoms with Crippen LogP contribution in [0.1, 0.15) is 47.2 Å². The fraction of sp³-hybridized carbons (Fsp3) is 0.417. The predicted octanol–water partition coefficient (Wildman–Crippen LogP) is 4.06. The maximum absolute atomic E-state index is 12.6. The van der Waals surface area contributed by atoms with Gasteiger partial charge in [-0.15, -0.1) is 0 Å². The van der Waals surface area contributed by atoms with E-state index in [0.717, 1.165) is 43.2 Å². The van der Waals surface area contributed by atoms with Gasteiger partial charge in [-0.3, -0.25) is 9.59 Å². The SMILES string of the molecule is Cc1ccc2c(c1)C(=O)NCC1(CCC(C(=O)NCCc3ccc(Cl)cc3)CC1)O2. The third kappa shape index (κ3) is 4.62. The van der Waals surface area contributed by atoms with Crippen molar-refractivity contribution in [3.05, 3.63) is 64.2 Å². The Labute approximate surface area is 182 Å². The normalized spacial score (nSPS) is 23.1. The Morgan fingerprint density at radius 2 is 1.93 bits per heavy atom. The number of hydrogen-bond acceptors (Lipinski definition) is 3. The molecule has 1 spiro atoms. The molecule has 2 aromatic rings. The highest BCUT2D eigenvalue weighted by Crippen LogP contribution is 2.38. The molecule has 0 unspecified atom stereocenters. The molecule has 0 atom stereocenters. The monoisotopic (exact) mass is 426 g/mol. The van der Waals surface area contributed by atoms with Crippen molar-refractivity contribution in [2.24, 2.45) is 5.92 Å². The molecular formula is C24H27ClN2O3. The van der Waals surface area contributed by atoms with Gasteiger partial charge in [-0.2, -0.15) is 0 Å². The highest BCUT2D eigenvalue weighted by Gasteiger charge is 2.41. The Morgan fingerprint density at radius 3 is 2.67 bits per heavy atom. The lowest BCUT2D eigenvalue weighted by molar-refractivity contribution is -0.127. The number of fused-ring (bicyclic) bond motifs is 1. The largest absolute Gasteiger partial charge is 0.485 e. The molecule has 2 aromatic carbocycles. The molecule has 2 aliphatic rings. The van der Waals surface area contributed by atoms with Gasteiger partial charge in [0.1, 0.15) is 11.4 Å². The number of carbonyl (C=O) groups excluding carboxylic acids is 2. The van der Waals surface area contributed by atoms with Gasteiger partial charge in [-0.1, -0.05) is 35.4 Å². The highest BCUT2D eigenvalue weighted by molar-refractivity contribution is 6.30. The number of aryl methyl sites for hydroxylation is 1. The molecule has 5 nitrogen and oxygen atoms in total. The standard InChI is InChI=1S/C24H27ClN2O3/c1-16-2-7-21-20(14-16)23(29)27-15-24(30-21)11-8-18(9-12-24)22(28)26-13-10-17-3-5-19(25)6-4-17/h2-7,14,18H,8-13,15H2,1H3,(H,26,28)(H,27,29). The fourth-order valence-corrected chi connectivity index (χ4v) is 4.45. The summed E-state index contributed by atoms with van der Waals surface area (Å²) in [5.74, 6) is 0.641. The maximum Gasteiger partial charge on any atom is 0.255 e. The van der Waals surface area contributed by atoms with E-state index in [9.17, 15) is 9.59 Å². The first-order chi connectivity index (χ1) is 14.4. The number of hydrogen-bond donors (Lipinski definition) is 2. The molecule has 30 heavy (non-hydrogen) atoms. The van der Waals surface area contributed by atoms with Gasteiger partial charge in [0.15, 0.2) is 0 Å². The van der Waals surface area contributed by atoms with E-state index in [4.69, 9.17) is 16.3 Å². The van der Waals surface area contributed by atoms with Crippen molar-refractivity contribution in [2.45, 2.75) is 44.6 Å². The highest BCUT2D eigenvalue weighted by atomic mass is 35.5. The van der Waals surface area contributed by atoms with E-state index >= 15 is 0 Å². The van der Waals surface area contributed by atoms with E-state index in [1.807, 2.05) is 49.4 Å². The minimum atomic E-state index is -0.434. The van der Waals surface area contributed by atoms with Crippen LogP contribution in [0.15, 0.2) is 42.5 Å². The van der Waals surface area contributed by atoms with E-state index in [0.29, 0.717) is 29.4 Å². The molecule has 6 heteroatoms. The number of amides is 2. The number of carbonyl (C=O) groups is 2. The lowest BCUT2D eigenvalue weighted by Gasteiger charge is -2.39. The lowest BCUT2D eigenvalue weighted by atomic mass is 9.78. The van der Waals surface area contributed by atoms with Crippen LogP contribution in [-0.4, -0.2) is 30.5 Å². The van der Waals surface area contributed by atoms with E-state index in [-0.39, 0.29) is 17.7 Å². The summed E-state index contributed by atoms with van der Waals surface area (Å²) in [4.78, 5) is 25.1. The molecule has 2 amide bonds. The van der Waals surface area contributed by atoms with E-state index in [2.05, 4.69) is 10.6 Å². The van der Waals surface area contributed by atoms with Crippen molar-refractivity contribution in [1.82, 2.24) is 10.6 Å². The quantitative estimate of drug-likeness (QED) is 0.774. The lowest BCUT2D eigenvalue weighted by Crippen LogP contribution is -2.49. The first kappa shape index (κ1) is 20.7. The minimum absolute atomic E-state index is 0.0131. The molecule has 1 fully saturated rings. The first-order valence-electron chi connectivity index (χ1n) is 10.5. The molecule has 1 heterocycles. The molecule has 0 saturated heterocycles. The van der Waals surface area contributed by atoms with E-state index < -0.39 is 5.60 Å². The fourth-order valence-electron chi connectivity index (χ4n) is 4.33. The average molecular weight is 427 g/mol. The van der Waals surface area contributed by atoms with Crippen molar-refractivity contribution in [1.29, 1.82) is 0 Å². The molecule has 158 valence electrons. The second-order valence-corrected chi connectivity index (χ2v) is 8.85. The van der Waals surface area contributed by atoms with Crippen LogP contribution < -0.4 is 15.4 Å². The number of nitrogens with one attached hydrogen (secondary N) is 2. The molecule has 0 radical (unpaired) electrons. The Morgan fingerprint density at radius 1 is 1.20 bits per heavy atom. The zero-order chi connectivity index (χ0) is 21.1. The smallest absolute Gasteiger partial charge is 0.255 e. The summed E-state index contributed by atoms with van der Waals surface area (Å²) in [6.07, 6.45) is 3.78. The van der Waals surface area contributed by atoms with Gasteiger partial charge in [0.25, 0.3) is 5.91 Å². The molecule has 1 aliphatic carbocycles. The summed E-state index contributed by atoms with van der Waals surface area (Å²) in [6, 6.07) is 13.4. The van der Waals surface area contributed by atoms with E-state index in [1.165, 1.54) is 0 Å². The second-order valence-electron chi connectivity index (χ2n) is 8.41. The predicted molar refractivity (Wildman–Crippen MR) is 117 cm³/mol. The van der Waals surface area contributed by atoms with Crippen LogP contribution in [0.4, 0.5) is 0 Å². The van der Waals surface area contributed by atoms with Gasteiger partial charge >= 0.3 is 0 Å². The molecule has 1 aliphatic heterocycles. The van der Waals surface area contributed by atoms with Crippen molar-refractivity contribution >= 4 is 23.4 Å². The Kier molecular flexibility index (Phi) is 6.00. The van der Waals surface area contributed by atoms with Gasteiger partial charge in [-0.05, 0) is 68.9 Å². The van der Waals surface area contributed by atoms with Crippen LogP contribution in [0.25, 0.3) is 0 Å². The van der Waals surface area contributed by atoms with Crippen molar-refractivity contribution in [3.8, 4) is 5.75 Å². The van der Waals surface area contributed by atoms with Gasteiger partial charge in [0, 0.05) is 17.5 Å². The van der Waals surface area contributed by atoms with Crippen molar-refractivity contribution in [2.75, 3.05) is 13.1 Å². The summed E-state index contributed by atoms with van der Waals surface area (Å²) in [6.45, 7) is 3.05. The van der Waals surface area contributed by atoms with Gasteiger partial charge in [0.2, 0.25) is 5.91 Å². The zero-order valence-electron chi connectivity index (χ0n) is 17.2. The Bertz CT molecular complexity index is 934. The number of halogens is 1.